The molecule has 6 nitrogen and oxygen atoms in total. The molecule has 118 valence electrons. The van der Waals surface area contributed by atoms with Crippen molar-refractivity contribution in [3.8, 4) is 0 Å². The summed E-state index contributed by atoms with van der Waals surface area (Å²) in [7, 11) is 0. The second-order valence-electron chi connectivity index (χ2n) is 6.11. The Morgan fingerprint density at radius 3 is 2.91 bits per heavy atom. The molecular weight excluding hydrogens is 302 g/mol. The van der Waals surface area contributed by atoms with Crippen LogP contribution in [-0.4, -0.2) is 48.8 Å². The molecule has 2 saturated heterocycles. The van der Waals surface area contributed by atoms with Crippen molar-refractivity contribution in [3.05, 3.63) is 16.8 Å². The van der Waals surface area contributed by atoms with Crippen molar-refractivity contribution in [2.75, 3.05) is 31.1 Å². The number of rotatable bonds is 3. The molecule has 3 rings (SSSR count). The van der Waals surface area contributed by atoms with E-state index >= 15 is 0 Å². The van der Waals surface area contributed by atoms with Crippen molar-refractivity contribution < 1.29 is 14.4 Å². The van der Waals surface area contributed by atoms with E-state index in [1.54, 1.807) is 16.2 Å². The van der Waals surface area contributed by atoms with Gasteiger partial charge in [-0.05, 0) is 17.9 Å². The molecule has 0 bridgehead atoms. The maximum absolute atomic E-state index is 12.3. The van der Waals surface area contributed by atoms with Crippen molar-refractivity contribution >= 4 is 34.7 Å². The molecule has 1 aromatic rings. The van der Waals surface area contributed by atoms with Crippen LogP contribution in [0.1, 0.15) is 19.8 Å². The molecule has 1 spiro atoms. The molecule has 0 radical (unpaired) electrons. The number of amides is 3. The standard InChI is InChI=1S/C15H19N3O3S/c1-11(19)16-7-14(21)17-4-3-15(9-17)6-13(20)18(10-15)12-2-5-22-8-12/h2,5,8H,3-4,6-7,9-10H2,1H3,(H,16,19)/t15-/m0/s1. The molecule has 0 saturated carbocycles. The van der Waals surface area contributed by atoms with Crippen molar-refractivity contribution in [1.82, 2.24) is 10.2 Å². The summed E-state index contributed by atoms with van der Waals surface area (Å²) in [6.45, 7) is 3.36. The Bertz CT molecular complexity index is 601. The highest BCUT2D eigenvalue weighted by Gasteiger charge is 2.48. The van der Waals surface area contributed by atoms with Crippen LogP contribution in [0.15, 0.2) is 16.8 Å². The van der Waals surface area contributed by atoms with Gasteiger partial charge in [0.1, 0.15) is 0 Å². The van der Waals surface area contributed by atoms with Crippen LogP contribution in [0, 0.1) is 5.41 Å². The number of anilines is 1. The van der Waals surface area contributed by atoms with Gasteiger partial charge >= 0.3 is 0 Å². The molecule has 3 heterocycles. The quantitative estimate of drug-likeness (QED) is 0.897. The average molecular weight is 321 g/mol. The summed E-state index contributed by atoms with van der Waals surface area (Å²) >= 11 is 1.58. The van der Waals surface area contributed by atoms with E-state index in [0.29, 0.717) is 26.1 Å². The SMILES string of the molecule is CC(=O)NCC(=O)N1CC[C@]2(CC(=O)N(c3ccsc3)C2)C1. The maximum atomic E-state index is 12.3. The molecule has 7 heteroatoms. The molecule has 0 unspecified atom stereocenters. The number of carbonyl (C=O) groups is 3. The zero-order valence-electron chi connectivity index (χ0n) is 12.5. The van der Waals surface area contributed by atoms with Crippen molar-refractivity contribution in [3.63, 3.8) is 0 Å². The number of carbonyl (C=O) groups excluding carboxylic acids is 3. The van der Waals surface area contributed by atoms with Gasteiger partial charge in [-0.15, -0.1) is 0 Å². The van der Waals surface area contributed by atoms with Crippen LogP contribution < -0.4 is 10.2 Å². The lowest BCUT2D eigenvalue weighted by molar-refractivity contribution is -0.132. The topological polar surface area (TPSA) is 69.7 Å². The lowest BCUT2D eigenvalue weighted by Gasteiger charge is -2.24. The number of nitrogens with zero attached hydrogens (tertiary/aromatic N) is 2. The van der Waals surface area contributed by atoms with Crippen molar-refractivity contribution in [2.45, 2.75) is 19.8 Å². The number of hydrogen-bond donors (Lipinski definition) is 1. The van der Waals surface area contributed by atoms with Crippen molar-refractivity contribution in [2.24, 2.45) is 5.41 Å². The Balaban J connectivity index is 1.63. The van der Waals surface area contributed by atoms with Crippen LogP contribution in [0.3, 0.4) is 0 Å². The molecule has 3 amide bonds. The lowest BCUT2D eigenvalue weighted by atomic mass is 9.86. The first-order chi connectivity index (χ1) is 10.5. The average Bonchev–Trinajstić information content (AvgIpc) is 3.17. The summed E-state index contributed by atoms with van der Waals surface area (Å²) in [5.74, 6) is -0.148. The Hall–Kier alpha value is -1.89. The third-order valence-electron chi connectivity index (χ3n) is 4.42. The third kappa shape index (κ3) is 2.85. The van der Waals surface area contributed by atoms with E-state index < -0.39 is 0 Å². The second kappa shape index (κ2) is 5.72. The van der Waals surface area contributed by atoms with Gasteiger partial charge in [-0.2, -0.15) is 11.3 Å². The normalized spacial score (nSPS) is 24.3. The van der Waals surface area contributed by atoms with E-state index in [9.17, 15) is 14.4 Å². The molecule has 2 aliphatic heterocycles. The summed E-state index contributed by atoms with van der Waals surface area (Å²) in [6, 6.07) is 1.95. The van der Waals surface area contributed by atoms with Gasteiger partial charge in [-0.1, -0.05) is 0 Å². The minimum atomic E-state index is -0.207. The minimum Gasteiger partial charge on any atom is -0.347 e. The molecule has 1 N–H and O–H groups in total. The Labute approximate surface area is 133 Å². The lowest BCUT2D eigenvalue weighted by Crippen LogP contribution is -2.40. The van der Waals surface area contributed by atoms with Crippen LogP contribution in [0.5, 0.6) is 0 Å². The van der Waals surface area contributed by atoms with E-state index in [-0.39, 0.29) is 29.7 Å². The zero-order chi connectivity index (χ0) is 15.7. The fraction of sp³-hybridized carbons (Fsp3) is 0.533. The first-order valence-electron chi connectivity index (χ1n) is 7.34. The molecule has 2 aliphatic rings. The molecule has 2 fully saturated rings. The van der Waals surface area contributed by atoms with Gasteiger partial charge in [0.2, 0.25) is 17.7 Å². The molecule has 1 aromatic heterocycles. The summed E-state index contributed by atoms with van der Waals surface area (Å²) in [6.07, 6.45) is 1.33. The Morgan fingerprint density at radius 1 is 1.41 bits per heavy atom. The van der Waals surface area contributed by atoms with Gasteiger partial charge in [0.15, 0.2) is 0 Å². The smallest absolute Gasteiger partial charge is 0.241 e. The first-order valence-corrected chi connectivity index (χ1v) is 8.28. The predicted octanol–water partition coefficient (Wildman–Crippen LogP) is 0.840. The van der Waals surface area contributed by atoms with Gasteiger partial charge < -0.3 is 15.1 Å². The molecule has 0 aliphatic carbocycles. The van der Waals surface area contributed by atoms with E-state index in [4.69, 9.17) is 0 Å². The number of nitrogens with one attached hydrogen (secondary N) is 1. The monoisotopic (exact) mass is 321 g/mol. The zero-order valence-corrected chi connectivity index (χ0v) is 13.3. The van der Waals surface area contributed by atoms with E-state index in [1.807, 2.05) is 21.7 Å². The Kier molecular flexibility index (Phi) is 3.90. The minimum absolute atomic E-state index is 0.0353. The Morgan fingerprint density at radius 2 is 2.23 bits per heavy atom. The van der Waals surface area contributed by atoms with Crippen molar-refractivity contribution in [1.29, 1.82) is 0 Å². The number of hydrogen-bond acceptors (Lipinski definition) is 4. The summed E-state index contributed by atoms with van der Waals surface area (Å²) < 4.78 is 0. The maximum Gasteiger partial charge on any atom is 0.241 e. The highest BCUT2D eigenvalue weighted by Crippen LogP contribution is 2.42. The van der Waals surface area contributed by atoms with E-state index in [0.717, 1.165) is 12.1 Å². The van der Waals surface area contributed by atoms with Crippen LogP contribution >= 0.6 is 11.3 Å². The van der Waals surface area contributed by atoms with Crippen LogP contribution in [0.2, 0.25) is 0 Å². The third-order valence-corrected chi connectivity index (χ3v) is 5.09. The van der Waals surface area contributed by atoms with Crippen LogP contribution in [-0.2, 0) is 14.4 Å². The van der Waals surface area contributed by atoms with Gasteiger partial charge in [0, 0.05) is 43.8 Å². The summed E-state index contributed by atoms with van der Waals surface area (Å²) in [5, 5.41) is 6.48. The molecule has 1 atom stereocenters. The van der Waals surface area contributed by atoms with E-state index in [2.05, 4.69) is 5.32 Å². The highest BCUT2D eigenvalue weighted by atomic mass is 32.1. The molecular formula is C15H19N3O3S. The fourth-order valence-corrected chi connectivity index (χ4v) is 3.92. The first kappa shape index (κ1) is 15.0. The number of thiophene rings is 1. The number of likely N-dealkylation sites (tertiary alicyclic amines) is 1. The summed E-state index contributed by atoms with van der Waals surface area (Å²) in [4.78, 5) is 38.9. The van der Waals surface area contributed by atoms with Gasteiger partial charge in [0.25, 0.3) is 0 Å². The molecule has 22 heavy (non-hydrogen) atoms. The summed E-state index contributed by atoms with van der Waals surface area (Å²) in [5.41, 5.74) is 0.820. The van der Waals surface area contributed by atoms with Crippen LogP contribution in [0.25, 0.3) is 0 Å². The van der Waals surface area contributed by atoms with Gasteiger partial charge in [-0.25, -0.2) is 0 Å². The fourth-order valence-electron chi connectivity index (χ4n) is 3.28. The largest absolute Gasteiger partial charge is 0.347 e. The van der Waals surface area contributed by atoms with Gasteiger partial charge in [-0.3, -0.25) is 14.4 Å². The second-order valence-corrected chi connectivity index (χ2v) is 6.89. The van der Waals surface area contributed by atoms with E-state index in [1.165, 1.54) is 6.92 Å². The van der Waals surface area contributed by atoms with Crippen LogP contribution in [0.4, 0.5) is 5.69 Å². The highest BCUT2D eigenvalue weighted by molar-refractivity contribution is 7.08. The molecule has 0 aromatic carbocycles. The van der Waals surface area contributed by atoms with Gasteiger partial charge in [0.05, 0.1) is 12.2 Å². The predicted molar refractivity (Wildman–Crippen MR) is 83.6 cm³/mol.